The minimum atomic E-state index is 0.312. The molecule has 4 heteroatoms. The van der Waals surface area contributed by atoms with E-state index in [2.05, 4.69) is 19.2 Å². The maximum absolute atomic E-state index is 6.29. The van der Waals surface area contributed by atoms with E-state index in [0.29, 0.717) is 22.6 Å². The summed E-state index contributed by atoms with van der Waals surface area (Å²) in [5.41, 5.74) is 1.16. The van der Waals surface area contributed by atoms with Gasteiger partial charge in [0, 0.05) is 6.04 Å². The zero-order valence-corrected chi connectivity index (χ0v) is 13.7. The molecule has 1 unspecified atom stereocenters. The number of unbranched alkanes of at least 4 members (excludes halogenated alkanes) is 1. The smallest absolute Gasteiger partial charge is 0.179 e. The Labute approximate surface area is 127 Å². The molecule has 0 amide bonds. The molecule has 0 saturated heterocycles. The van der Waals surface area contributed by atoms with E-state index in [-0.39, 0.29) is 0 Å². The minimum absolute atomic E-state index is 0.312. The lowest BCUT2D eigenvalue weighted by atomic mass is 10.0. The standard InChI is InChI=1S/C16H26ClNO2/c1-5-7-8-14(18-9-6-2)12-10-13(17)16(20-4)15(11-12)19-3/h10-11,14,18H,5-9H2,1-4H3. The first-order valence-corrected chi connectivity index (χ1v) is 7.70. The van der Waals surface area contributed by atoms with Crippen LogP contribution in [0.3, 0.4) is 0 Å². The molecule has 1 N–H and O–H groups in total. The summed E-state index contributed by atoms with van der Waals surface area (Å²) in [4.78, 5) is 0. The highest BCUT2D eigenvalue weighted by Gasteiger charge is 2.16. The number of benzene rings is 1. The average molecular weight is 300 g/mol. The van der Waals surface area contributed by atoms with Crippen molar-refractivity contribution in [2.45, 2.75) is 45.6 Å². The lowest BCUT2D eigenvalue weighted by molar-refractivity contribution is 0.353. The summed E-state index contributed by atoms with van der Waals surface area (Å²) in [7, 11) is 3.24. The lowest BCUT2D eigenvalue weighted by Crippen LogP contribution is -2.22. The molecule has 1 aromatic carbocycles. The highest BCUT2D eigenvalue weighted by Crippen LogP contribution is 2.38. The van der Waals surface area contributed by atoms with Crippen LogP contribution in [0, 0.1) is 0 Å². The summed E-state index contributed by atoms with van der Waals surface area (Å²) in [6.07, 6.45) is 4.59. The summed E-state index contributed by atoms with van der Waals surface area (Å²) in [6, 6.07) is 4.31. The van der Waals surface area contributed by atoms with Crippen molar-refractivity contribution in [1.82, 2.24) is 5.32 Å². The second-order valence-corrected chi connectivity index (χ2v) is 5.29. The molecule has 0 fully saturated rings. The third-order valence-corrected chi connectivity index (χ3v) is 3.63. The van der Waals surface area contributed by atoms with Gasteiger partial charge < -0.3 is 14.8 Å². The molecule has 0 heterocycles. The SMILES string of the molecule is CCCCC(NCCC)c1cc(Cl)c(OC)c(OC)c1. The van der Waals surface area contributed by atoms with Crippen LogP contribution in [0.15, 0.2) is 12.1 Å². The maximum Gasteiger partial charge on any atom is 0.179 e. The fourth-order valence-electron chi connectivity index (χ4n) is 2.25. The van der Waals surface area contributed by atoms with Gasteiger partial charge in [-0.3, -0.25) is 0 Å². The van der Waals surface area contributed by atoms with E-state index >= 15 is 0 Å². The van der Waals surface area contributed by atoms with Crippen LogP contribution in [0.2, 0.25) is 5.02 Å². The quantitative estimate of drug-likeness (QED) is 0.723. The number of nitrogens with one attached hydrogen (secondary N) is 1. The molecular formula is C16H26ClNO2. The van der Waals surface area contributed by atoms with Crippen LogP contribution in [0.4, 0.5) is 0 Å². The minimum Gasteiger partial charge on any atom is -0.493 e. The Morgan fingerprint density at radius 1 is 1.15 bits per heavy atom. The Morgan fingerprint density at radius 3 is 2.45 bits per heavy atom. The molecule has 0 bridgehead atoms. The van der Waals surface area contributed by atoms with Gasteiger partial charge in [0.15, 0.2) is 11.5 Å². The largest absolute Gasteiger partial charge is 0.493 e. The monoisotopic (exact) mass is 299 g/mol. The van der Waals surface area contributed by atoms with Crippen molar-refractivity contribution in [2.24, 2.45) is 0 Å². The second-order valence-electron chi connectivity index (χ2n) is 4.89. The Bertz CT molecular complexity index is 402. The topological polar surface area (TPSA) is 30.5 Å². The number of rotatable bonds is 9. The van der Waals surface area contributed by atoms with Gasteiger partial charge in [0.1, 0.15) is 0 Å². The first-order chi connectivity index (χ1) is 9.67. The van der Waals surface area contributed by atoms with E-state index < -0.39 is 0 Å². The van der Waals surface area contributed by atoms with Gasteiger partial charge in [0.2, 0.25) is 0 Å². The molecule has 1 aromatic rings. The van der Waals surface area contributed by atoms with Crippen LogP contribution >= 0.6 is 11.6 Å². The van der Waals surface area contributed by atoms with Crippen molar-refractivity contribution in [1.29, 1.82) is 0 Å². The predicted octanol–water partition coefficient (Wildman–Crippen LogP) is 4.59. The third kappa shape index (κ3) is 4.57. The van der Waals surface area contributed by atoms with Crippen LogP contribution in [0.5, 0.6) is 11.5 Å². The van der Waals surface area contributed by atoms with Crippen molar-refractivity contribution >= 4 is 11.6 Å². The van der Waals surface area contributed by atoms with E-state index in [9.17, 15) is 0 Å². The highest BCUT2D eigenvalue weighted by atomic mass is 35.5. The summed E-state index contributed by atoms with van der Waals surface area (Å²) in [5.74, 6) is 1.29. The molecule has 20 heavy (non-hydrogen) atoms. The Balaban J connectivity index is 3.02. The van der Waals surface area contributed by atoms with E-state index in [1.165, 1.54) is 12.8 Å². The molecule has 0 spiro atoms. The average Bonchev–Trinajstić information content (AvgIpc) is 2.46. The third-order valence-electron chi connectivity index (χ3n) is 3.35. The zero-order valence-electron chi connectivity index (χ0n) is 13.0. The molecule has 114 valence electrons. The molecule has 3 nitrogen and oxygen atoms in total. The molecule has 0 aliphatic rings. The van der Waals surface area contributed by atoms with Crippen LogP contribution in [-0.2, 0) is 0 Å². The van der Waals surface area contributed by atoms with Crippen LogP contribution in [0.1, 0.15) is 51.1 Å². The number of halogens is 1. The summed E-state index contributed by atoms with van der Waals surface area (Å²) in [5, 5.41) is 4.18. The van der Waals surface area contributed by atoms with Gasteiger partial charge in [-0.1, -0.05) is 38.3 Å². The van der Waals surface area contributed by atoms with Gasteiger partial charge in [-0.25, -0.2) is 0 Å². The second kappa shape index (κ2) is 9.09. The van der Waals surface area contributed by atoms with E-state index in [1.807, 2.05) is 12.1 Å². The van der Waals surface area contributed by atoms with Crippen molar-refractivity contribution in [3.05, 3.63) is 22.7 Å². The number of hydrogen-bond donors (Lipinski definition) is 1. The first kappa shape index (κ1) is 17.1. The molecule has 0 aliphatic carbocycles. The van der Waals surface area contributed by atoms with Gasteiger partial charge in [-0.05, 0) is 37.1 Å². The lowest BCUT2D eigenvalue weighted by Gasteiger charge is -2.21. The Morgan fingerprint density at radius 2 is 1.90 bits per heavy atom. The molecule has 1 atom stereocenters. The van der Waals surface area contributed by atoms with Crippen molar-refractivity contribution in [2.75, 3.05) is 20.8 Å². The van der Waals surface area contributed by atoms with Gasteiger partial charge in [0.25, 0.3) is 0 Å². The van der Waals surface area contributed by atoms with E-state index in [4.69, 9.17) is 21.1 Å². The van der Waals surface area contributed by atoms with Crippen LogP contribution < -0.4 is 14.8 Å². The van der Waals surface area contributed by atoms with E-state index in [0.717, 1.165) is 24.9 Å². The number of ether oxygens (including phenoxy) is 2. The Kier molecular flexibility index (Phi) is 7.78. The highest BCUT2D eigenvalue weighted by molar-refractivity contribution is 6.32. The van der Waals surface area contributed by atoms with Gasteiger partial charge in [0.05, 0.1) is 19.2 Å². The molecule has 0 radical (unpaired) electrons. The fraction of sp³-hybridized carbons (Fsp3) is 0.625. The number of hydrogen-bond acceptors (Lipinski definition) is 3. The van der Waals surface area contributed by atoms with Gasteiger partial charge in [-0.2, -0.15) is 0 Å². The van der Waals surface area contributed by atoms with Crippen molar-refractivity contribution in [3.8, 4) is 11.5 Å². The van der Waals surface area contributed by atoms with Crippen molar-refractivity contribution in [3.63, 3.8) is 0 Å². The fourth-order valence-corrected chi connectivity index (χ4v) is 2.55. The summed E-state index contributed by atoms with van der Waals surface area (Å²) < 4.78 is 10.7. The molecular weight excluding hydrogens is 274 g/mol. The van der Waals surface area contributed by atoms with E-state index in [1.54, 1.807) is 14.2 Å². The first-order valence-electron chi connectivity index (χ1n) is 7.32. The number of methoxy groups -OCH3 is 2. The van der Waals surface area contributed by atoms with Gasteiger partial charge in [-0.15, -0.1) is 0 Å². The maximum atomic E-state index is 6.29. The molecule has 1 rings (SSSR count). The molecule has 0 saturated carbocycles. The predicted molar refractivity (Wildman–Crippen MR) is 85.1 cm³/mol. The zero-order chi connectivity index (χ0) is 15.0. The molecule has 0 aliphatic heterocycles. The van der Waals surface area contributed by atoms with Crippen molar-refractivity contribution < 1.29 is 9.47 Å². The normalized spacial score (nSPS) is 12.2. The Hall–Kier alpha value is -0.930. The summed E-state index contributed by atoms with van der Waals surface area (Å²) >= 11 is 6.29. The van der Waals surface area contributed by atoms with Crippen LogP contribution in [0.25, 0.3) is 0 Å². The molecule has 0 aromatic heterocycles. The summed E-state index contributed by atoms with van der Waals surface area (Å²) in [6.45, 7) is 5.38. The van der Waals surface area contributed by atoms with Gasteiger partial charge >= 0.3 is 0 Å². The van der Waals surface area contributed by atoms with Crippen LogP contribution in [-0.4, -0.2) is 20.8 Å².